The normalized spacial score (nSPS) is 11.1. The molecule has 0 spiro atoms. The Hall–Kier alpha value is -3.32. The molecule has 0 amide bonds. The number of hydrogen-bond donors (Lipinski definition) is 2. The van der Waals surface area contributed by atoms with Gasteiger partial charge in [-0.1, -0.05) is 36.4 Å². The number of anilines is 1. The first-order valence-electron chi connectivity index (χ1n) is 8.90. The lowest BCUT2D eigenvalue weighted by atomic mass is 10.0. The van der Waals surface area contributed by atoms with Crippen molar-refractivity contribution in [2.45, 2.75) is 11.4 Å². The molecule has 3 aromatic rings. The summed E-state index contributed by atoms with van der Waals surface area (Å²) in [5.74, 6) is -1.49. The first-order chi connectivity index (χ1) is 13.9. The first-order valence-corrected chi connectivity index (χ1v) is 10.5. The second kappa shape index (κ2) is 8.79. The van der Waals surface area contributed by atoms with Gasteiger partial charge in [0.25, 0.3) is 0 Å². The van der Waals surface area contributed by atoms with Gasteiger partial charge in [0.05, 0.1) is 12.0 Å². The Kier molecular flexibility index (Phi) is 6.19. The molecule has 0 radical (unpaired) electrons. The van der Waals surface area contributed by atoms with Gasteiger partial charge in [0.2, 0.25) is 0 Å². The van der Waals surface area contributed by atoms with Gasteiger partial charge in [-0.2, -0.15) is 0 Å². The second-order valence-corrected chi connectivity index (χ2v) is 8.42. The van der Waals surface area contributed by atoms with Crippen LogP contribution in [0.2, 0.25) is 0 Å². The van der Waals surface area contributed by atoms with Crippen LogP contribution in [0.1, 0.15) is 5.56 Å². The van der Waals surface area contributed by atoms with Crippen LogP contribution in [0.3, 0.4) is 0 Å². The molecule has 0 unspecified atom stereocenters. The third-order valence-corrected chi connectivity index (χ3v) is 5.99. The summed E-state index contributed by atoms with van der Waals surface area (Å²) >= 11 is 0. The highest BCUT2D eigenvalue weighted by atomic mass is 32.2. The number of carboxylic acids is 1. The fraction of sp³-hybridized carbons (Fsp3) is 0.136. The van der Waals surface area contributed by atoms with E-state index in [-0.39, 0.29) is 4.90 Å². The van der Waals surface area contributed by atoms with Crippen molar-refractivity contribution in [1.29, 1.82) is 0 Å². The molecule has 0 aliphatic carbocycles. The Bertz CT molecular complexity index is 1110. The van der Waals surface area contributed by atoms with E-state index in [1.54, 1.807) is 19.2 Å². The molecule has 0 aliphatic heterocycles. The minimum atomic E-state index is -3.83. The lowest BCUT2D eigenvalue weighted by Crippen LogP contribution is -2.15. The number of methoxy groups -OCH3 is 1. The van der Waals surface area contributed by atoms with Gasteiger partial charge in [0, 0.05) is 17.8 Å². The molecule has 0 bridgehead atoms. The minimum absolute atomic E-state index is 0.0105. The molecule has 2 N–H and O–H groups in total. The maximum Gasteiger partial charge on any atom is 0.319 e. The van der Waals surface area contributed by atoms with E-state index in [0.717, 1.165) is 28.1 Å². The van der Waals surface area contributed by atoms with E-state index in [1.165, 1.54) is 12.1 Å². The quantitative estimate of drug-likeness (QED) is 0.585. The van der Waals surface area contributed by atoms with E-state index < -0.39 is 21.6 Å². The molecule has 7 heteroatoms. The molecule has 29 heavy (non-hydrogen) atoms. The van der Waals surface area contributed by atoms with Gasteiger partial charge in [0.1, 0.15) is 5.75 Å². The number of para-hydroxylation sites is 1. The third kappa shape index (κ3) is 5.14. The maximum atomic E-state index is 11.9. The van der Waals surface area contributed by atoms with Crippen LogP contribution in [0.5, 0.6) is 5.75 Å². The number of rotatable bonds is 8. The zero-order chi connectivity index (χ0) is 20.9. The molecule has 0 atom stereocenters. The van der Waals surface area contributed by atoms with Crippen molar-refractivity contribution in [3.05, 3.63) is 78.4 Å². The number of carbonyl (C=O) groups is 1. The van der Waals surface area contributed by atoms with Crippen molar-refractivity contribution in [3.63, 3.8) is 0 Å². The summed E-state index contributed by atoms with van der Waals surface area (Å²) in [6.45, 7) is 0.546. The smallest absolute Gasteiger partial charge is 0.319 e. The highest BCUT2D eigenvalue weighted by molar-refractivity contribution is 7.92. The average molecular weight is 411 g/mol. The summed E-state index contributed by atoms with van der Waals surface area (Å²) in [6.07, 6.45) is 0. The van der Waals surface area contributed by atoms with Crippen molar-refractivity contribution in [3.8, 4) is 16.9 Å². The van der Waals surface area contributed by atoms with E-state index >= 15 is 0 Å². The van der Waals surface area contributed by atoms with Crippen LogP contribution in [0.25, 0.3) is 11.1 Å². The minimum Gasteiger partial charge on any atom is -0.496 e. The zero-order valence-corrected chi connectivity index (χ0v) is 16.6. The summed E-state index contributed by atoms with van der Waals surface area (Å²) < 4.78 is 29.3. The molecule has 150 valence electrons. The molecule has 0 saturated carbocycles. The maximum absolute atomic E-state index is 11.9. The topological polar surface area (TPSA) is 92.7 Å². The van der Waals surface area contributed by atoms with Crippen LogP contribution in [0.15, 0.2) is 77.7 Å². The lowest BCUT2D eigenvalue weighted by Gasteiger charge is -2.11. The summed E-state index contributed by atoms with van der Waals surface area (Å²) in [6, 6.07) is 21.9. The molecular weight excluding hydrogens is 390 g/mol. The van der Waals surface area contributed by atoms with Gasteiger partial charge in [-0.3, -0.25) is 4.79 Å². The van der Waals surface area contributed by atoms with Crippen molar-refractivity contribution in [2.75, 3.05) is 18.2 Å². The van der Waals surface area contributed by atoms with Crippen molar-refractivity contribution in [1.82, 2.24) is 0 Å². The average Bonchev–Trinajstić information content (AvgIpc) is 2.72. The molecule has 0 aromatic heterocycles. The monoisotopic (exact) mass is 411 g/mol. The Morgan fingerprint density at radius 3 is 2.41 bits per heavy atom. The third-order valence-electron chi connectivity index (χ3n) is 4.37. The van der Waals surface area contributed by atoms with Crippen molar-refractivity contribution in [2.24, 2.45) is 0 Å². The Labute approximate surface area is 169 Å². The van der Waals surface area contributed by atoms with Crippen LogP contribution in [0, 0.1) is 0 Å². The van der Waals surface area contributed by atoms with E-state index in [2.05, 4.69) is 11.4 Å². The van der Waals surface area contributed by atoms with Gasteiger partial charge in [-0.15, -0.1) is 0 Å². The molecule has 0 heterocycles. The van der Waals surface area contributed by atoms with Crippen LogP contribution in [-0.4, -0.2) is 32.4 Å². The van der Waals surface area contributed by atoms with Crippen molar-refractivity contribution >= 4 is 21.5 Å². The summed E-state index contributed by atoms with van der Waals surface area (Å²) in [5, 5.41) is 12.0. The lowest BCUT2D eigenvalue weighted by molar-refractivity contribution is -0.134. The SMILES string of the molecule is COc1ccccc1-c1cccc(CNc2ccc(S(=O)(=O)CC(=O)O)cc2)c1. The van der Waals surface area contributed by atoms with Gasteiger partial charge in [-0.05, 0) is 47.5 Å². The standard InChI is InChI=1S/C22H21NO5S/c1-28-21-8-3-2-7-20(21)17-6-4-5-16(13-17)14-23-18-9-11-19(12-10-18)29(26,27)15-22(24)25/h2-13,23H,14-15H2,1H3,(H,24,25). The largest absolute Gasteiger partial charge is 0.496 e. The number of aliphatic carboxylic acids is 1. The molecule has 3 aromatic carbocycles. The van der Waals surface area contributed by atoms with E-state index in [9.17, 15) is 13.2 Å². The van der Waals surface area contributed by atoms with Gasteiger partial charge in [-0.25, -0.2) is 8.42 Å². The van der Waals surface area contributed by atoms with Crippen LogP contribution in [-0.2, 0) is 21.2 Å². The number of ether oxygens (including phenoxy) is 1. The molecule has 6 nitrogen and oxygen atoms in total. The number of sulfone groups is 1. The van der Waals surface area contributed by atoms with E-state index in [0.29, 0.717) is 6.54 Å². The number of nitrogens with one attached hydrogen (secondary N) is 1. The highest BCUT2D eigenvalue weighted by Gasteiger charge is 2.18. The molecule has 0 fully saturated rings. The fourth-order valence-corrected chi connectivity index (χ4v) is 4.00. The molecule has 0 aliphatic rings. The number of hydrogen-bond acceptors (Lipinski definition) is 5. The fourth-order valence-electron chi connectivity index (χ4n) is 2.96. The predicted octanol–water partition coefficient (Wildman–Crippen LogP) is 3.83. The van der Waals surface area contributed by atoms with E-state index in [1.807, 2.05) is 42.5 Å². The van der Waals surface area contributed by atoms with Crippen LogP contribution < -0.4 is 10.1 Å². The zero-order valence-electron chi connectivity index (χ0n) is 15.8. The van der Waals surface area contributed by atoms with Gasteiger partial charge >= 0.3 is 5.97 Å². The number of carboxylic acid groups (broad SMARTS) is 1. The molecule has 3 rings (SSSR count). The summed E-state index contributed by atoms with van der Waals surface area (Å²) in [5.41, 5.74) is 3.83. The number of benzene rings is 3. The van der Waals surface area contributed by atoms with Crippen molar-refractivity contribution < 1.29 is 23.1 Å². The van der Waals surface area contributed by atoms with Gasteiger partial charge < -0.3 is 15.2 Å². The second-order valence-electron chi connectivity index (χ2n) is 6.43. The van der Waals surface area contributed by atoms with Crippen LogP contribution >= 0.6 is 0 Å². The van der Waals surface area contributed by atoms with E-state index in [4.69, 9.17) is 9.84 Å². The Morgan fingerprint density at radius 1 is 1.00 bits per heavy atom. The Morgan fingerprint density at radius 2 is 1.72 bits per heavy atom. The summed E-state index contributed by atoms with van der Waals surface area (Å²) in [4.78, 5) is 10.7. The summed E-state index contributed by atoms with van der Waals surface area (Å²) in [7, 11) is -2.18. The van der Waals surface area contributed by atoms with Gasteiger partial charge in [0.15, 0.2) is 15.6 Å². The Balaban J connectivity index is 1.72. The highest BCUT2D eigenvalue weighted by Crippen LogP contribution is 2.30. The molecular formula is C22H21NO5S. The van der Waals surface area contributed by atoms with Crippen LogP contribution in [0.4, 0.5) is 5.69 Å². The first kappa shape index (κ1) is 20.4. The predicted molar refractivity (Wildman–Crippen MR) is 112 cm³/mol. The molecule has 0 saturated heterocycles.